The number of amides is 1. The molecule has 1 aromatic carbocycles. The van der Waals surface area contributed by atoms with Crippen LogP contribution in [0.1, 0.15) is 41.6 Å². The molecule has 0 aliphatic rings. The summed E-state index contributed by atoms with van der Waals surface area (Å²) in [6.45, 7) is 4.76. The highest BCUT2D eigenvalue weighted by Gasteiger charge is 2.19. The van der Waals surface area contributed by atoms with Gasteiger partial charge in [-0.2, -0.15) is 10.2 Å². The van der Waals surface area contributed by atoms with Crippen LogP contribution < -0.4 is 5.32 Å². The average Bonchev–Trinajstić information content (AvgIpc) is 3.26. The molecule has 3 rings (SSSR count). The van der Waals surface area contributed by atoms with Crippen molar-refractivity contribution in [2.75, 3.05) is 0 Å². The van der Waals surface area contributed by atoms with Crippen molar-refractivity contribution in [1.82, 2.24) is 30.3 Å². The van der Waals surface area contributed by atoms with Crippen LogP contribution in [-0.4, -0.2) is 30.9 Å². The SMILES string of the molecule is CC(C)Cc1cc(C(=O)N[C@@H](Cn2cncn2)c2ccccc2)n[nH]1. The maximum Gasteiger partial charge on any atom is 0.272 e. The van der Waals surface area contributed by atoms with Crippen LogP contribution in [0.4, 0.5) is 0 Å². The van der Waals surface area contributed by atoms with Gasteiger partial charge in [-0.1, -0.05) is 44.2 Å². The van der Waals surface area contributed by atoms with Crippen molar-refractivity contribution >= 4 is 5.91 Å². The molecule has 0 aliphatic carbocycles. The molecule has 0 aliphatic heterocycles. The molecule has 25 heavy (non-hydrogen) atoms. The molecule has 3 aromatic rings. The number of hydrogen-bond donors (Lipinski definition) is 2. The molecule has 0 unspecified atom stereocenters. The Balaban J connectivity index is 1.75. The van der Waals surface area contributed by atoms with Crippen LogP contribution in [0.3, 0.4) is 0 Å². The summed E-state index contributed by atoms with van der Waals surface area (Å²) in [4.78, 5) is 16.6. The number of nitrogens with one attached hydrogen (secondary N) is 2. The van der Waals surface area contributed by atoms with Crippen molar-refractivity contribution in [3.63, 3.8) is 0 Å². The molecular formula is C18H22N6O. The van der Waals surface area contributed by atoms with Crippen molar-refractivity contribution in [3.8, 4) is 0 Å². The largest absolute Gasteiger partial charge is 0.342 e. The van der Waals surface area contributed by atoms with Gasteiger partial charge in [-0.3, -0.25) is 14.6 Å². The van der Waals surface area contributed by atoms with E-state index in [0.717, 1.165) is 17.7 Å². The number of rotatable bonds is 7. The maximum absolute atomic E-state index is 12.6. The Bertz CT molecular complexity index is 794. The zero-order chi connectivity index (χ0) is 17.6. The summed E-state index contributed by atoms with van der Waals surface area (Å²) >= 11 is 0. The van der Waals surface area contributed by atoms with Crippen LogP contribution in [0.15, 0.2) is 49.1 Å². The van der Waals surface area contributed by atoms with E-state index in [9.17, 15) is 4.79 Å². The van der Waals surface area contributed by atoms with Crippen molar-refractivity contribution in [2.24, 2.45) is 5.92 Å². The van der Waals surface area contributed by atoms with E-state index in [1.807, 2.05) is 36.4 Å². The van der Waals surface area contributed by atoms with E-state index in [2.05, 4.69) is 39.4 Å². The van der Waals surface area contributed by atoms with Gasteiger partial charge in [0, 0.05) is 5.69 Å². The molecule has 2 N–H and O–H groups in total. The molecule has 7 heteroatoms. The summed E-state index contributed by atoms with van der Waals surface area (Å²) in [7, 11) is 0. The monoisotopic (exact) mass is 338 g/mol. The highest BCUT2D eigenvalue weighted by molar-refractivity contribution is 5.92. The lowest BCUT2D eigenvalue weighted by Crippen LogP contribution is -2.31. The van der Waals surface area contributed by atoms with E-state index in [-0.39, 0.29) is 11.9 Å². The third-order valence-corrected chi connectivity index (χ3v) is 3.84. The van der Waals surface area contributed by atoms with Crippen molar-refractivity contribution in [2.45, 2.75) is 32.9 Å². The van der Waals surface area contributed by atoms with Gasteiger partial charge in [0.1, 0.15) is 18.3 Å². The number of carbonyl (C=O) groups excluding carboxylic acids is 1. The van der Waals surface area contributed by atoms with Crippen molar-refractivity contribution in [3.05, 3.63) is 66.0 Å². The van der Waals surface area contributed by atoms with Crippen LogP contribution in [0.2, 0.25) is 0 Å². The summed E-state index contributed by atoms with van der Waals surface area (Å²) in [6, 6.07) is 11.4. The highest BCUT2D eigenvalue weighted by Crippen LogP contribution is 2.16. The molecule has 0 saturated heterocycles. The van der Waals surface area contributed by atoms with E-state index in [4.69, 9.17) is 0 Å². The predicted molar refractivity (Wildman–Crippen MR) is 93.8 cm³/mol. The first-order valence-corrected chi connectivity index (χ1v) is 8.34. The minimum atomic E-state index is -0.222. The van der Waals surface area contributed by atoms with Crippen molar-refractivity contribution < 1.29 is 4.79 Å². The normalized spacial score (nSPS) is 12.3. The molecule has 0 fully saturated rings. The Hall–Kier alpha value is -2.96. The van der Waals surface area contributed by atoms with Gasteiger partial charge in [0.25, 0.3) is 5.91 Å². The third-order valence-electron chi connectivity index (χ3n) is 3.84. The second-order valence-electron chi connectivity index (χ2n) is 6.43. The fraction of sp³-hybridized carbons (Fsp3) is 0.333. The molecule has 7 nitrogen and oxygen atoms in total. The van der Waals surface area contributed by atoms with E-state index in [1.165, 1.54) is 6.33 Å². The lowest BCUT2D eigenvalue weighted by molar-refractivity contribution is 0.0926. The Labute approximate surface area is 146 Å². The van der Waals surface area contributed by atoms with Gasteiger partial charge in [0.15, 0.2) is 0 Å². The number of aromatic nitrogens is 5. The number of carbonyl (C=O) groups is 1. The third kappa shape index (κ3) is 4.53. The van der Waals surface area contributed by atoms with Gasteiger partial charge >= 0.3 is 0 Å². The molecule has 0 spiro atoms. The van der Waals surface area contributed by atoms with Crippen LogP contribution >= 0.6 is 0 Å². The molecule has 0 radical (unpaired) electrons. The number of benzene rings is 1. The first-order valence-electron chi connectivity index (χ1n) is 8.34. The van der Waals surface area contributed by atoms with Gasteiger partial charge in [-0.15, -0.1) is 0 Å². The summed E-state index contributed by atoms with van der Waals surface area (Å²) in [6.07, 6.45) is 3.98. The van der Waals surface area contributed by atoms with Crippen LogP contribution in [0, 0.1) is 5.92 Å². The first-order chi connectivity index (χ1) is 12.1. The molecular weight excluding hydrogens is 316 g/mol. The molecule has 0 bridgehead atoms. The van der Waals surface area contributed by atoms with Gasteiger partial charge in [-0.05, 0) is 24.0 Å². The van der Waals surface area contributed by atoms with Gasteiger partial charge in [0.05, 0.1) is 12.6 Å². The zero-order valence-corrected chi connectivity index (χ0v) is 14.4. The summed E-state index contributed by atoms with van der Waals surface area (Å²) in [5.74, 6) is 0.293. The molecule has 2 aromatic heterocycles. The second-order valence-corrected chi connectivity index (χ2v) is 6.43. The lowest BCUT2D eigenvalue weighted by Gasteiger charge is -2.18. The van der Waals surface area contributed by atoms with Gasteiger partial charge in [-0.25, -0.2) is 4.98 Å². The van der Waals surface area contributed by atoms with Crippen molar-refractivity contribution in [1.29, 1.82) is 0 Å². The molecule has 0 saturated carbocycles. The van der Waals surface area contributed by atoms with E-state index >= 15 is 0 Å². The number of nitrogens with zero attached hydrogens (tertiary/aromatic N) is 4. The summed E-state index contributed by atoms with van der Waals surface area (Å²) in [5, 5.41) is 14.3. The Morgan fingerprint density at radius 1 is 1.28 bits per heavy atom. The molecule has 1 amide bonds. The summed E-state index contributed by atoms with van der Waals surface area (Å²) in [5.41, 5.74) is 2.37. The quantitative estimate of drug-likeness (QED) is 0.692. The molecule has 2 heterocycles. The van der Waals surface area contributed by atoms with Gasteiger partial charge < -0.3 is 5.32 Å². The lowest BCUT2D eigenvalue weighted by atomic mass is 10.1. The number of hydrogen-bond acceptors (Lipinski definition) is 4. The Morgan fingerprint density at radius 2 is 2.08 bits per heavy atom. The van der Waals surface area contributed by atoms with Crippen LogP contribution in [0.5, 0.6) is 0 Å². The fourth-order valence-corrected chi connectivity index (χ4v) is 2.69. The maximum atomic E-state index is 12.6. The number of aromatic amines is 1. The minimum absolute atomic E-state index is 0.208. The Morgan fingerprint density at radius 3 is 2.76 bits per heavy atom. The molecule has 1 atom stereocenters. The van der Waals surface area contributed by atoms with E-state index in [1.54, 1.807) is 11.0 Å². The highest BCUT2D eigenvalue weighted by atomic mass is 16.2. The number of H-pyrrole nitrogens is 1. The Kier molecular flexibility index (Phi) is 5.23. The topological polar surface area (TPSA) is 88.5 Å². The fourth-order valence-electron chi connectivity index (χ4n) is 2.69. The average molecular weight is 338 g/mol. The first kappa shape index (κ1) is 16.9. The minimum Gasteiger partial charge on any atom is -0.342 e. The van der Waals surface area contributed by atoms with E-state index in [0.29, 0.717) is 18.2 Å². The van der Waals surface area contributed by atoms with Crippen LogP contribution in [-0.2, 0) is 13.0 Å². The van der Waals surface area contributed by atoms with Gasteiger partial charge in [0.2, 0.25) is 0 Å². The second kappa shape index (κ2) is 7.74. The smallest absolute Gasteiger partial charge is 0.272 e. The predicted octanol–water partition coefficient (Wildman–Crippen LogP) is 2.37. The van der Waals surface area contributed by atoms with Crippen LogP contribution in [0.25, 0.3) is 0 Å². The summed E-state index contributed by atoms with van der Waals surface area (Å²) < 4.78 is 1.70. The molecule has 130 valence electrons. The van der Waals surface area contributed by atoms with E-state index < -0.39 is 0 Å². The standard InChI is InChI=1S/C18H22N6O/c1-13(2)8-15-9-16(23-22-15)18(25)21-17(10-24-12-19-11-20-24)14-6-4-3-5-7-14/h3-7,9,11-13,17H,8,10H2,1-2H3,(H,21,25)(H,22,23)/t17-/m0/s1. The zero-order valence-electron chi connectivity index (χ0n) is 14.4.